The number of nitrogens with zero attached hydrogens (tertiary/aromatic N) is 2. The number of hydrogen-bond acceptors (Lipinski definition) is 6. The van der Waals surface area contributed by atoms with Crippen molar-refractivity contribution in [3.8, 4) is 0 Å². The Morgan fingerprint density at radius 1 is 1.27 bits per heavy atom. The van der Waals surface area contributed by atoms with Crippen LogP contribution in [0, 0.1) is 10.1 Å². The summed E-state index contributed by atoms with van der Waals surface area (Å²) in [5.41, 5.74) is 3.33. The van der Waals surface area contributed by atoms with Crippen LogP contribution in [0.15, 0.2) is 47.6 Å². The van der Waals surface area contributed by atoms with Gasteiger partial charge in [-0.05, 0) is 18.2 Å². The molecular formula is C14H9ClN3O4-. The number of halogens is 1. The van der Waals surface area contributed by atoms with Crippen molar-refractivity contribution in [2.24, 2.45) is 5.10 Å². The molecule has 0 atom stereocenters. The third kappa shape index (κ3) is 3.80. The van der Waals surface area contributed by atoms with E-state index in [1.807, 2.05) is 0 Å². The molecular weight excluding hydrogens is 310 g/mol. The van der Waals surface area contributed by atoms with E-state index >= 15 is 0 Å². The Bertz CT molecular complexity index is 762. The second-order valence-electron chi connectivity index (χ2n) is 4.20. The molecule has 0 saturated heterocycles. The molecule has 0 bridgehead atoms. The summed E-state index contributed by atoms with van der Waals surface area (Å²) in [5, 5.41) is 25.4. The molecule has 8 heteroatoms. The molecule has 22 heavy (non-hydrogen) atoms. The van der Waals surface area contributed by atoms with Crippen LogP contribution < -0.4 is 10.5 Å². The molecule has 0 spiro atoms. The van der Waals surface area contributed by atoms with E-state index in [1.54, 1.807) is 12.1 Å². The van der Waals surface area contributed by atoms with Gasteiger partial charge in [0.05, 0.1) is 22.8 Å². The van der Waals surface area contributed by atoms with Gasteiger partial charge in [0.15, 0.2) is 0 Å². The van der Waals surface area contributed by atoms with Crippen LogP contribution in [-0.2, 0) is 0 Å². The number of hydrazone groups is 1. The second kappa shape index (κ2) is 6.68. The van der Waals surface area contributed by atoms with Gasteiger partial charge in [-0.2, -0.15) is 5.10 Å². The molecule has 0 aromatic heterocycles. The van der Waals surface area contributed by atoms with Gasteiger partial charge in [-0.15, -0.1) is 0 Å². The summed E-state index contributed by atoms with van der Waals surface area (Å²) < 4.78 is 0. The molecule has 0 fully saturated rings. The summed E-state index contributed by atoms with van der Waals surface area (Å²) in [6, 6.07) is 10.1. The lowest BCUT2D eigenvalue weighted by atomic mass is 10.2. The summed E-state index contributed by atoms with van der Waals surface area (Å²) in [6.07, 6.45) is 1.38. The number of carbonyl (C=O) groups excluding carboxylic acids is 1. The molecule has 2 aromatic carbocycles. The van der Waals surface area contributed by atoms with Crippen LogP contribution in [0.5, 0.6) is 0 Å². The summed E-state index contributed by atoms with van der Waals surface area (Å²) in [6.45, 7) is 0. The Balaban J connectivity index is 2.13. The number of carboxylic acids is 1. The largest absolute Gasteiger partial charge is 0.545 e. The first-order valence-electron chi connectivity index (χ1n) is 6.02. The SMILES string of the molecule is O=C([O-])c1cc(N/N=C\c2cccc([N+](=O)[O-])c2)ccc1Cl. The molecule has 1 N–H and O–H groups in total. The molecule has 0 aliphatic heterocycles. The Morgan fingerprint density at radius 3 is 2.73 bits per heavy atom. The summed E-state index contributed by atoms with van der Waals surface area (Å²) >= 11 is 5.72. The van der Waals surface area contributed by atoms with Gasteiger partial charge >= 0.3 is 0 Å². The summed E-state index contributed by atoms with van der Waals surface area (Å²) in [7, 11) is 0. The molecule has 7 nitrogen and oxygen atoms in total. The molecule has 0 aliphatic rings. The van der Waals surface area contributed by atoms with E-state index in [-0.39, 0.29) is 16.3 Å². The van der Waals surface area contributed by atoms with Gasteiger partial charge in [0.25, 0.3) is 5.69 Å². The van der Waals surface area contributed by atoms with E-state index in [2.05, 4.69) is 10.5 Å². The highest BCUT2D eigenvalue weighted by molar-refractivity contribution is 6.33. The van der Waals surface area contributed by atoms with Crippen LogP contribution in [-0.4, -0.2) is 17.1 Å². The Labute approximate surface area is 130 Å². The molecule has 112 valence electrons. The molecule has 0 saturated carbocycles. The topological polar surface area (TPSA) is 108 Å². The van der Waals surface area contributed by atoms with Crippen LogP contribution in [0.4, 0.5) is 11.4 Å². The predicted octanol–water partition coefficient (Wildman–Crippen LogP) is 2.06. The third-order valence-electron chi connectivity index (χ3n) is 2.67. The minimum atomic E-state index is -1.39. The van der Waals surface area contributed by atoms with Crippen molar-refractivity contribution < 1.29 is 14.8 Å². The Hall–Kier alpha value is -2.93. The smallest absolute Gasteiger partial charge is 0.270 e. The number of anilines is 1. The van der Waals surface area contributed by atoms with Gasteiger partial charge in [0.1, 0.15) is 0 Å². The Morgan fingerprint density at radius 2 is 2.05 bits per heavy atom. The monoisotopic (exact) mass is 318 g/mol. The minimum Gasteiger partial charge on any atom is -0.545 e. The normalized spacial score (nSPS) is 10.6. The highest BCUT2D eigenvalue weighted by atomic mass is 35.5. The average molecular weight is 319 g/mol. The highest BCUT2D eigenvalue weighted by Crippen LogP contribution is 2.20. The fourth-order valence-electron chi connectivity index (χ4n) is 1.65. The molecule has 0 radical (unpaired) electrons. The fraction of sp³-hybridized carbons (Fsp3) is 0. The minimum absolute atomic E-state index is 0.0466. The maximum atomic E-state index is 10.8. The predicted molar refractivity (Wildman–Crippen MR) is 80.1 cm³/mol. The first-order valence-corrected chi connectivity index (χ1v) is 6.39. The number of nitro groups is 1. The van der Waals surface area contributed by atoms with Crippen molar-refractivity contribution in [2.45, 2.75) is 0 Å². The zero-order chi connectivity index (χ0) is 16.1. The van der Waals surface area contributed by atoms with Gasteiger partial charge in [0, 0.05) is 28.3 Å². The van der Waals surface area contributed by atoms with Gasteiger partial charge in [-0.25, -0.2) is 0 Å². The number of nitro benzene ring substituents is 1. The average Bonchev–Trinajstić information content (AvgIpc) is 2.49. The van der Waals surface area contributed by atoms with Crippen LogP contribution in [0.25, 0.3) is 0 Å². The van der Waals surface area contributed by atoms with Gasteiger partial charge in [-0.1, -0.05) is 23.7 Å². The molecule has 0 unspecified atom stereocenters. The van der Waals surface area contributed by atoms with Crippen LogP contribution in [0.3, 0.4) is 0 Å². The Kier molecular flexibility index (Phi) is 4.70. The van der Waals surface area contributed by atoms with E-state index in [0.717, 1.165) is 0 Å². The van der Waals surface area contributed by atoms with Crippen molar-refractivity contribution in [3.63, 3.8) is 0 Å². The fourth-order valence-corrected chi connectivity index (χ4v) is 1.85. The lowest BCUT2D eigenvalue weighted by molar-refractivity contribution is -0.384. The third-order valence-corrected chi connectivity index (χ3v) is 3.00. The quantitative estimate of drug-likeness (QED) is 0.515. The van der Waals surface area contributed by atoms with Gasteiger partial charge in [0.2, 0.25) is 0 Å². The van der Waals surface area contributed by atoms with Crippen LogP contribution in [0.1, 0.15) is 15.9 Å². The highest BCUT2D eigenvalue weighted by Gasteiger charge is 2.04. The zero-order valence-electron chi connectivity index (χ0n) is 11.0. The van der Waals surface area contributed by atoms with Crippen molar-refractivity contribution >= 4 is 35.2 Å². The van der Waals surface area contributed by atoms with Crippen molar-refractivity contribution in [1.29, 1.82) is 0 Å². The zero-order valence-corrected chi connectivity index (χ0v) is 11.8. The maximum absolute atomic E-state index is 10.8. The molecule has 2 aromatic rings. The van der Waals surface area contributed by atoms with E-state index in [4.69, 9.17) is 11.6 Å². The first kappa shape index (κ1) is 15.5. The maximum Gasteiger partial charge on any atom is 0.270 e. The molecule has 0 aliphatic carbocycles. The van der Waals surface area contributed by atoms with E-state index < -0.39 is 10.9 Å². The number of carboxylic acid groups (broad SMARTS) is 1. The number of hydrogen-bond donors (Lipinski definition) is 1. The van der Waals surface area contributed by atoms with Gasteiger partial charge < -0.3 is 9.90 Å². The lowest BCUT2D eigenvalue weighted by Crippen LogP contribution is -2.22. The molecule has 2 rings (SSSR count). The standard InChI is InChI=1S/C14H10ClN3O4/c15-13-5-4-10(7-12(13)14(19)20)17-16-8-9-2-1-3-11(6-9)18(21)22/h1-8,17H,(H,19,20)/p-1/b16-8-. The summed E-state index contributed by atoms with van der Waals surface area (Å²) in [5.74, 6) is -1.39. The number of rotatable bonds is 5. The molecule has 0 heterocycles. The van der Waals surface area contributed by atoms with E-state index in [9.17, 15) is 20.0 Å². The number of aromatic carboxylic acids is 1. The van der Waals surface area contributed by atoms with Crippen molar-refractivity contribution in [2.75, 3.05) is 5.43 Å². The number of nitrogens with one attached hydrogen (secondary N) is 1. The van der Waals surface area contributed by atoms with Crippen molar-refractivity contribution in [3.05, 3.63) is 68.7 Å². The van der Waals surface area contributed by atoms with Crippen LogP contribution in [0.2, 0.25) is 5.02 Å². The number of non-ortho nitro benzene ring substituents is 1. The van der Waals surface area contributed by atoms with Crippen LogP contribution >= 0.6 is 11.6 Å². The second-order valence-corrected chi connectivity index (χ2v) is 4.61. The van der Waals surface area contributed by atoms with E-state index in [0.29, 0.717) is 11.3 Å². The summed E-state index contributed by atoms with van der Waals surface area (Å²) in [4.78, 5) is 21.0. The lowest BCUT2D eigenvalue weighted by Gasteiger charge is -2.07. The van der Waals surface area contributed by atoms with Gasteiger partial charge in [-0.3, -0.25) is 15.5 Å². The van der Waals surface area contributed by atoms with E-state index in [1.165, 1.54) is 36.5 Å². The number of benzene rings is 2. The molecule has 0 amide bonds. The number of carbonyl (C=O) groups is 1. The van der Waals surface area contributed by atoms with Crippen molar-refractivity contribution in [1.82, 2.24) is 0 Å². The first-order chi connectivity index (χ1) is 10.5.